The molecule has 17 heavy (non-hydrogen) atoms. The van der Waals surface area contributed by atoms with Crippen molar-refractivity contribution in [2.45, 2.75) is 53.2 Å². The van der Waals surface area contributed by atoms with Crippen molar-refractivity contribution >= 4 is 11.9 Å². The highest BCUT2D eigenvalue weighted by Gasteiger charge is 2.15. The van der Waals surface area contributed by atoms with E-state index >= 15 is 0 Å². The smallest absolute Gasteiger partial charge is 0.331 e. The van der Waals surface area contributed by atoms with Crippen molar-refractivity contribution in [1.29, 1.82) is 0 Å². The van der Waals surface area contributed by atoms with Gasteiger partial charge in [0.15, 0.2) is 0 Å². The van der Waals surface area contributed by atoms with Gasteiger partial charge < -0.3 is 9.64 Å². The number of carbonyl (C=O) groups is 2. The average Bonchev–Trinajstić information content (AvgIpc) is 2.12. The van der Waals surface area contributed by atoms with Gasteiger partial charge >= 0.3 is 5.97 Å². The predicted octanol–water partition coefficient (Wildman–Crippen LogP) is 2.14. The third kappa shape index (κ3) is 6.76. The first-order valence-electron chi connectivity index (χ1n) is 5.85. The Hall–Kier alpha value is -1.32. The van der Waals surface area contributed by atoms with Crippen LogP contribution in [0.1, 0.15) is 41.5 Å². The molecule has 0 unspecified atom stereocenters. The van der Waals surface area contributed by atoms with Crippen LogP contribution in [0.2, 0.25) is 0 Å². The minimum atomic E-state index is -0.490. The van der Waals surface area contributed by atoms with E-state index in [9.17, 15) is 9.59 Å². The first-order chi connectivity index (χ1) is 7.67. The largest absolute Gasteiger partial charge is 0.457 e. The number of rotatable bonds is 4. The van der Waals surface area contributed by atoms with E-state index < -0.39 is 5.60 Å². The summed E-state index contributed by atoms with van der Waals surface area (Å²) in [6, 6.07) is -0.106. The number of nitrogens with zero attached hydrogens (tertiary/aromatic N) is 1. The van der Waals surface area contributed by atoms with E-state index in [1.165, 1.54) is 13.0 Å². The summed E-state index contributed by atoms with van der Waals surface area (Å²) >= 11 is 0. The van der Waals surface area contributed by atoms with Gasteiger partial charge in [0.1, 0.15) is 5.60 Å². The molecule has 0 aromatic rings. The molecule has 0 aromatic heterocycles. The molecule has 0 rings (SSSR count). The summed E-state index contributed by atoms with van der Waals surface area (Å²) in [5.41, 5.74) is -0.490. The summed E-state index contributed by atoms with van der Waals surface area (Å²) in [7, 11) is 0. The second kappa shape index (κ2) is 6.42. The van der Waals surface area contributed by atoms with E-state index in [1.807, 2.05) is 34.6 Å². The molecule has 0 saturated carbocycles. The number of esters is 1. The highest BCUT2D eigenvalue weighted by atomic mass is 16.6. The van der Waals surface area contributed by atoms with Crippen molar-refractivity contribution in [2.24, 2.45) is 0 Å². The normalized spacial score (nSPS) is 13.5. The molecule has 0 heterocycles. The van der Waals surface area contributed by atoms with Crippen LogP contribution in [0.15, 0.2) is 12.2 Å². The second-order valence-electron chi connectivity index (χ2n) is 4.94. The zero-order valence-electron chi connectivity index (χ0n) is 11.6. The summed E-state index contributed by atoms with van der Waals surface area (Å²) in [4.78, 5) is 24.4. The molecule has 0 bridgehead atoms. The minimum Gasteiger partial charge on any atom is -0.457 e. The number of likely N-dealkylation sites (N-methyl/N-ethyl adjacent to an activating group) is 1. The summed E-state index contributed by atoms with van der Waals surface area (Å²) in [6.07, 6.45) is 3.06. The van der Waals surface area contributed by atoms with Crippen molar-refractivity contribution in [3.8, 4) is 0 Å². The van der Waals surface area contributed by atoms with Gasteiger partial charge in [-0.2, -0.15) is 0 Å². The van der Waals surface area contributed by atoms with E-state index in [4.69, 9.17) is 4.74 Å². The van der Waals surface area contributed by atoms with Gasteiger partial charge in [0.25, 0.3) is 0 Å². The monoisotopic (exact) mass is 241 g/mol. The van der Waals surface area contributed by atoms with Gasteiger partial charge in [-0.1, -0.05) is 6.08 Å². The zero-order valence-corrected chi connectivity index (χ0v) is 11.6. The maximum Gasteiger partial charge on any atom is 0.331 e. The maximum atomic E-state index is 11.4. The van der Waals surface area contributed by atoms with Gasteiger partial charge in [-0.05, 0) is 34.6 Å². The number of carbonyl (C=O) groups excluding carboxylic acids is 2. The molecule has 4 nitrogen and oxygen atoms in total. The van der Waals surface area contributed by atoms with Crippen molar-refractivity contribution in [3.63, 3.8) is 0 Å². The van der Waals surface area contributed by atoms with Gasteiger partial charge in [0.05, 0.1) is 0 Å². The standard InChI is InChI=1S/C13H23NO3/c1-7-14(11(3)15)10(2)8-9-12(16)17-13(4,5)6/h8-10H,7H2,1-6H3/b9-8+/t10-/m0/s1. The van der Waals surface area contributed by atoms with Gasteiger partial charge in [0, 0.05) is 25.6 Å². The topological polar surface area (TPSA) is 46.6 Å². The number of amides is 1. The Bertz CT molecular complexity index is 302. The van der Waals surface area contributed by atoms with Crippen molar-refractivity contribution in [1.82, 2.24) is 4.90 Å². The predicted molar refractivity (Wildman–Crippen MR) is 67.5 cm³/mol. The highest BCUT2D eigenvalue weighted by molar-refractivity contribution is 5.82. The van der Waals surface area contributed by atoms with Crippen molar-refractivity contribution < 1.29 is 14.3 Å². The van der Waals surface area contributed by atoms with Crippen LogP contribution < -0.4 is 0 Å². The quantitative estimate of drug-likeness (QED) is 0.559. The van der Waals surface area contributed by atoms with Gasteiger partial charge in [-0.25, -0.2) is 4.79 Å². The summed E-state index contributed by atoms with van der Waals surface area (Å²) in [6.45, 7) is 11.4. The molecule has 1 atom stereocenters. The Kier molecular flexibility index (Phi) is 5.93. The Morgan fingerprint density at radius 2 is 1.88 bits per heavy atom. The lowest BCUT2D eigenvalue weighted by molar-refractivity contribution is -0.148. The second-order valence-corrected chi connectivity index (χ2v) is 4.94. The SMILES string of the molecule is CCN(C(C)=O)[C@@H](C)/C=C/C(=O)OC(C)(C)C. The van der Waals surface area contributed by atoms with Crippen LogP contribution in [-0.4, -0.2) is 35.0 Å². The van der Waals surface area contributed by atoms with Crippen LogP contribution in [0.4, 0.5) is 0 Å². The van der Waals surface area contributed by atoms with Gasteiger partial charge in [0.2, 0.25) is 5.91 Å². The van der Waals surface area contributed by atoms with Crippen molar-refractivity contribution in [2.75, 3.05) is 6.54 Å². The van der Waals surface area contributed by atoms with Crippen LogP contribution >= 0.6 is 0 Å². The number of hydrogen-bond donors (Lipinski definition) is 0. The molecular weight excluding hydrogens is 218 g/mol. The van der Waals surface area contributed by atoms with Crippen molar-refractivity contribution in [3.05, 3.63) is 12.2 Å². The van der Waals surface area contributed by atoms with Gasteiger partial charge in [-0.15, -0.1) is 0 Å². The van der Waals surface area contributed by atoms with E-state index in [0.717, 1.165) is 0 Å². The van der Waals surface area contributed by atoms with Crippen LogP contribution in [-0.2, 0) is 14.3 Å². The molecule has 0 aliphatic carbocycles. The fourth-order valence-corrected chi connectivity index (χ4v) is 1.45. The molecule has 0 radical (unpaired) electrons. The van der Waals surface area contributed by atoms with E-state index in [2.05, 4.69) is 0 Å². The number of hydrogen-bond acceptors (Lipinski definition) is 3. The average molecular weight is 241 g/mol. The Morgan fingerprint density at radius 1 is 1.35 bits per heavy atom. The summed E-state index contributed by atoms with van der Waals surface area (Å²) in [5.74, 6) is -0.391. The van der Waals surface area contributed by atoms with Crippen LogP contribution in [0.25, 0.3) is 0 Å². The lowest BCUT2D eigenvalue weighted by Crippen LogP contribution is -2.35. The first kappa shape index (κ1) is 15.7. The van der Waals surface area contributed by atoms with Crippen LogP contribution in [0, 0.1) is 0 Å². The molecule has 0 N–H and O–H groups in total. The zero-order chi connectivity index (χ0) is 13.6. The van der Waals surface area contributed by atoms with Gasteiger partial charge in [-0.3, -0.25) is 4.79 Å². The van der Waals surface area contributed by atoms with E-state index in [-0.39, 0.29) is 17.9 Å². The molecular formula is C13H23NO3. The fraction of sp³-hybridized carbons (Fsp3) is 0.692. The third-order valence-corrected chi connectivity index (χ3v) is 2.15. The highest BCUT2D eigenvalue weighted by Crippen LogP contribution is 2.08. The molecule has 0 aromatic carbocycles. The summed E-state index contributed by atoms with van der Waals surface area (Å²) in [5, 5.41) is 0. The fourth-order valence-electron chi connectivity index (χ4n) is 1.45. The maximum absolute atomic E-state index is 11.4. The van der Waals surface area contributed by atoms with E-state index in [0.29, 0.717) is 6.54 Å². The lowest BCUT2D eigenvalue weighted by Gasteiger charge is -2.24. The lowest BCUT2D eigenvalue weighted by atomic mass is 10.2. The Morgan fingerprint density at radius 3 is 2.24 bits per heavy atom. The third-order valence-electron chi connectivity index (χ3n) is 2.15. The summed E-state index contributed by atoms with van der Waals surface area (Å²) < 4.78 is 5.13. The molecule has 0 aliphatic rings. The molecule has 0 aliphatic heterocycles. The first-order valence-corrected chi connectivity index (χ1v) is 5.85. The van der Waals surface area contributed by atoms with Crippen LogP contribution in [0.5, 0.6) is 0 Å². The molecule has 0 saturated heterocycles. The van der Waals surface area contributed by atoms with Crippen LogP contribution in [0.3, 0.4) is 0 Å². The Labute approximate surface area is 104 Å². The number of ether oxygens (including phenoxy) is 1. The molecule has 1 amide bonds. The molecule has 0 fully saturated rings. The Balaban J connectivity index is 4.42. The minimum absolute atomic E-state index is 0.00570. The molecule has 98 valence electrons. The van der Waals surface area contributed by atoms with E-state index in [1.54, 1.807) is 11.0 Å². The molecule has 4 heteroatoms. The molecule has 0 spiro atoms.